The van der Waals surface area contributed by atoms with Crippen LogP contribution in [0.4, 0.5) is 5.69 Å². The average molecular weight is 410 g/mol. The topological polar surface area (TPSA) is 120 Å². The van der Waals surface area contributed by atoms with Gasteiger partial charge in [-0.2, -0.15) is 4.99 Å². The molecule has 0 aliphatic heterocycles. The number of nitro groups is 1. The van der Waals surface area contributed by atoms with E-state index in [2.05, 4.69) is 9.98 Å². The Bertz CT molecular complexity index is 1350. The fourth-order valence-electron chi connectivity index (χ4n) is 3.00. The number of non-ortho nitro benzene ring substituents is 1. The minimum Gasteiger partial charge on any atom is -0.468 e. The van der Waals surface area contributed by atoms with Crippen molar-refractivity contribution < 1.29 is 19.2 Å². The van der Waals surface area contributed by atoms with E-state index in [0.29, 0.717) is 15.8 Å². The van der Waals surface area contributed by atoms with Crippen molar-refractivity contribution in [3.63, 3.8) is 0 Å². The number of H-pyrrole nitrogens is 1. The first-order valence-electron chi connectivity index (χ1n) is 8.47. The minimum atomic E-state index is -0.524. The van der Waals surface area contributed by atoms with Crippen LogP contribution in [0.3, 0.4) is 0 Å². The molecular formula is C19H14N4O5S. The number of aromatic amines is 1. The predicted octanol–water partition coefficient (Wildman–Crippen LogP) is 3.01. The standard InChI is InChI=1S/C19H14N4O5S/c1-28-17(24)10-22-15-7-6-11(23(26)27)8-16(15)29-19(22)21-18(25)13-9-20-14-5-3-2-4-12(13)14/h2-9,20H,10H2,1H3. The molecule has 0 saturated heterocycles. The molecule has 0 fully saturated rings. The van der Waals surface area contributed by atoms with E-state index < -0.39 is 16.8 Å². The Morgan fingerprint density at radius 2 is 2.07 bits per heavy atom. The number of rotatable bonds is 4. The number of ether oxygens (including phenoxy) is 1. The van der Waals surface area contributed by atoms with Crippen molar-refractivity contribution in [1.29, 1.82) is 0 Å². The summed E-state index contributed by atoms with van der Waals surface area (Å²) in [5.74, 6) is -1.01. The zero-order chi connectivity index (χ0) is 20.5. The number of nitrogens with one attached hydrogen (secondary N) is 1. The van der Waals surface area contributed by atoms with Gasteiger partial charge in [-0.15, -0.1) is 0 Å². The van der Waals surface area contributed by atoms with Gasteiger partial charge in [0, 0.05) is 29.2 Å². The number of thiazole rings is 1. The number of nitrogens with zero attached hydrogens (tertiary/aromatic N) is 3. The van der Waals surface area contributed by atoms with Crippen molar-refractivity contribution in [3.05, 3.63) is 69.1 Å². The number of amides is 1. The van der Waals surface area contributed by atoms with Crippen molar-refractivity contribution in [2.75, 3.05) is 7.11 Å². The van der Waals surface area contributed by atoms with E-state index in [1.165, 1.54) is 29.9 Å². The number of carbonyl (C=O) groups is 2. The maximum Gasteiger partial charge on any atom is 0.325 e. The summed E-state index contributed by atoms with van der Waals surface area (Å²) in [6, 6.07) is 11.6. The number of hydrogen-bond donors (Lipinski definition) is 1. The number of methoxy groups -OCH3 is 1. The number of para-hydroxylation sites is 1. The highest BCUT2D eigenvalue weighted by atomic mass is 32.1. The van der Waals surface area contributed by atoms with Gasteiger partial charge in [-0.05, 0) is 12.1 Å². The number of esters is 1. The van der Waals surface area contributed by atoms with Crippen LogP contribution < -0.4 is 4.80 Å². The molecule has 0 bridgehead atoms. The quantitative estimate of drug-likeness (QED) is 0.315. The monoisotopic (exact) mass is 410 g/mol. The molecule has 0 aliphatic carbocycles. The molecule has 0 atom stereocenters. The zero-order valence-electron chi connectivity index (χ0n) is 15.1. The van der Waals surface area contributed by atoms with Gasteiger partial charge >= 0.3 is 5.97 Å². The summed E-state index contributed by atoms with van der Waals surface area (Å²) >= 11 is 1.09. The van der Waals surface area contributed by atoms with E-state index in [9.17, 15) is 19.7 Å². The molecule has 0 aliphatic rings. The summed E-state index contributed by atoms with van der Waals surface area (Å²) < 4.78 is 6.78. The van der Waals surface area contributed by atoms with E-state index in [0.717, 1.165) is 22.2 Å². The maximum absolute atomic E-state index is 12.8. The Labute approximate surface area is 167 Å². The Balaban J connectivity index is 1.88. The van der Waals surface area contributed by atoms with Crippen molar-refractivity contribution in [3.8, 4) is 0 Å². The number of benzene rings is 2. The van der Waals surface area contributed by atoms with Crippen LogP contribution in [-0.4, -0.2) is 33.5 Å². The van der Waals surface area contributed by atoms with Gasteiger partial charge in [0.2, 0.25) is 0 Å². The molecule has 0 unspecified atom stereocenters. The first-order chi connectivity index (χ1) is 14.0. The second-order valence-corrected chi connectivity index (χ2v) is 7.13. The summed E-state index contributed by atoms with van der Waals surface area (Å²) in [7, 11) is 1.26. The van der Waals surface area contributed by atoms with E-state index in [1.807, 2.05) is 24.3 Å². The van der Waals surface area contributed by atoms with Crippen LogP contribution in [0.5, 0.6) is 0 Å². The predicted molar refractivity (Wildman–Crippen MR) is 107 cm³/mol. The van der Waals surface area contributed by atoms with Crippen LogP contribution in [0.25, 0.3) is 21.1 Å². The minimum absolute atomic E-state index is 0.0847. The molecule has 146 valence electrons. The number of nitro benzene ring substituents is 1. The van der Waals surface area contributed by atoms with Crippen molar-refractivity contribution in [2.24, 2.45) is 4.99 Å². The molecule has 10 heteroatoms. The van der Waals surface area contributed by atoms with Gasteiger partial charge in [-0.1, -0.05) is 29.5 Å². The highest BCUT2D eigenvalue weighted by Gasteiger charge is 2.16. The molecule has 2 aromatic carbocycles. The molecule has 4 rings (SSSR count). The van der Waals surface area contributed by atoms with Gasteiger partial charge in [-0.25, -0.2) is 0 Å². The third kappa shape index (κ3) is 3.41. The number of aromatic nitrogens is 2. The lowest BCUT2D eigenvalue weighted by Crippen LogP contribution is -2.22. The van der Waals surface area contributed by atoms with Gasteiger partial charge in [-0.3, -0.25) is 19.7 Å². The van der Waals surface area contributed by atoms with Gasteiger partial charge in [0.05, 0.1) is 27.8 Å². The van der Waals surface area contributed by atoms with Crippen LogP contribution in [0.1, 0.15) is 10.4 Å². The number of hydrogen-bond acceptors (Lipinski definition) is 6. The van der Waals surface area contributed by atoms with Crippen LogP contribution in [0.2, 0.25) is 0 Å². The Kier molecular flexibility index (Phi) is 4.69. The number of fused-ring (bicyclic) bond motifs is 2. The van der Waals surface area contributed by atoms with E-state index in [4.69, 9.17) is 4.74 Å². The van der Waals surface area contributed by atoms with E-state index >= 15 is 0 Å². The molecule has 4 aromatic rings. The molecule has 0 spiro atoms. The van der Waals surface area contributed by atoms with E-state index in [-0.39, 0.29) is 17.0 Å². The SMILES string of the molecule is COC(=O)Cn1c(=NC(=O)c2c[nH]c3ccccc23)sc2cc([N+](=O)[O-])ccc21. The molecule has 1 N–H and O–H groups in total. The lowest BCUT2D eigenvalue weighted by Gasteiger charge is -2.03. The Morgan fingerprint density at radius 1 is 1.28 bits per heavy atom. The third-order valence-electron chi connectivity index (χ3n) is 4.41. The summed E-state index contributed by atoms with van der Waals surface area (Å²) in [5.41, 5.74) is 1.67. The highest BCUT2D eigenvalue weighted by molar-refractivity contribution is 7.16. The zero-order valence-corrected chi connectivity index (χ0v) is 15.9. The molecule has 1 amide bonds. The lowest BCUT2D eigenvalue weighted by atomic mass is 10.2. The molecule has 0 saturated carbocycles. The van der Waals surface area contributed by atoms with Crippen LogP contribution in [0, 0.1) is 10.1 Å². The van der Waals surface area contributed by atoms with Crippen LogP contribution in [0.15, 0.2) is 53.7 Å². The van der Waals surface area contributed by atoms with Crippen LogP contribution in [-0.2, 0) is 16.1 Å². The van der Waals surface area contributed by atoms with Gasteiger partial charge in [0.15, 0.2) is 4.80 Å². The van der Waals surface area contributed by atoms with E-state index in [1.54, 1.807) is 6.20 Å². The molecule has 2 heterocycles. The summed E-state index contributed by atoms with van der Waals surface area (Å²) in [6.45, 7) is -0.172. The third-order valence-corrected chi connectivity index (χ3v) is 5.45. The van der Waals surface area contributed by atoms with Crippen molar-refractivity contribution in [2.45, 2.75) is 6.54 Å². The number of carbonyl (C=O) groups excluding carboxylic acids is 2. The first kappa shape index (κ1) is 18.6. The fraction of sp³-hybridized carbons (Fsp3) is 0.105. The normalized spacial score (nSPS) is 11.8. The summed E-state index contributed by atoms with van der Waals surface area (Å²) in [6.07, 6.45) is 1.58. The highest BCUT2D eigenvalue weighted by Crippen LogP contribution is 2.24. The van der Waals surface area contributed by atoms with Crippen molar-refractivity contribution >= 4 is 50.0 Å². The van der Waals surface area contributed by atoms with Gasteiger partial charge < -0.3 is 14.3 Å². The summed E-state index contributed by atoms with van der Waals surface area (Å²) in [5, 5.41) is 11.8. The van der Waals surface area contributed by atoms with Gasteiger partial charge in [0.25, 0.3) is 11.6 Å². The second-order valence-electron chi connectivity index (χ2n) is 6.12. The first-order valence-corrected chi connectivity index (χ1v) is 9.29. The molecule has 9 nitrogen and oxygen atoms in total. The largest absolute Gasteiger partial charge is 0.468 e. The Morgan fingerprint density at radius 3 is 2.83 bits per heavy atom. The Hall–Kier alpha value is -3.79. The fourth-order valence-corrected chi connectivity index (χ4v) is 4.06. The lowest BCUT2D eigenvalue weighted by molar-refractivity contribution is -0.384. The molecule has 29 heavy (non-hydrogen) atoms. The molecular weight excluding hydrogens is 396 g/mol. The van der Waals surface area contributed by atoms with Gasteiger partial charge in [0.1, 0.15) is 6.54 Å². The van der Waals surface area contributed by atoms with Crippen molar-refractivity contribution in [1.82, 2.24) is 9.55 Å². The maximum atomic E-state index is 12.8. The van der Waals surface area contributed by atoms with Crippen LogP contribution >= 0.6 is 11.3 Å². The average Bonchev–Trinajstić information content (AvgIpc) is 3.29. The summed E-state index contributed by atoms with van der Waals surface area (Å²) in [4.78, 5) is 42.7. The molecule has 2 aromatic heterocycles. The smallest absolute Gasteiger partial charge is 0.325 e. The second kappa shape index (κ2) is 7.32. The molecule has 0 radical (unpaired) electrons.